The van der Waals surface area contributed by atoms with Crippen LogP contribution >= 0.6 is 0 Å². The minimum atomic E-state index is -5.37. The van der Waals surface area contributed by atoms with Crippen molar-refractivity contribution in [3.05, 3.63) is 29.3 Å². The molecule has 4 aliphatic heterocycles. The lowest BCUT2D eigenvalue weighted by Crippen LogP contribution is -2.60. The van der Waals surface area contributed by atoms with Crippen LogP contribution in [0.5, 0.6) is 0 Å². The van der Waals surface area contributed by atoms with Gasteiger partial charge >= 0.3 is 12.1 Å². The van der Waals surface area contributed by atoms with E-state index >= 15 is 0 Å². The third-order valence-corrected chi connectivity index (χ3v) is 7.13. The molecule has 1 aromatic carbocycles. The van der Waals surface area contributed by atoms with Crippen LogP contribution in [0.3, 0.4) is 0 Å². The smallest absolute Gasteiger partial charge is 0.370 e. The fourth-order valence-corrected chi connectivity index (χ4v) is 5.26. The lowest BCUT2D eigenvalue weighted by Gasteiger charge is -2.53. The molecule has 3 fully saturated rings. The van der Waals surface area contributed by atoms with Crippen molar-refractivity contribution in [3.63, 3.8) is 0 Å². The van der Waals surface area contributed by atoms with Crippen molar-refractivity contribution in [2.24, 2.45) is 5.41 Å². The van der Waals surface area contributed by atoms with E-state index in [0.717, 1.165) is 44.7 Å². The van der Waals surface area contributed by atoms with Gasteiger partial charge in [0.1, 0.15) is 6.04 Å². The standard InChI is InChI=1S/C22H23F3N4O5/c23-22(24,25)20(33)34-29-17(30)4-3-16(19(29)32)28-10-13-9-14(1-2-15(13)18(28)31)27-11-21(12-27)5-7-26-8-6-21/h1-2,9,16,26H,3-8,10-12H2. The molecule has 0 aliphatic carbocycles. The Labute approximate surface area is 192 Å². The first-order valence-electron chi connectivity index (χ1n) is 11.1. The van der Waals surface area contributed by atoms with Crippen LogP contribution in [0.25, 0.3) is 0 Å². The van der Waals surface area contributed by atoms with E-state index in [-0.39, 0.29) is 24.4 Å². The van der Waals surface area contributed by atoms with E-state index in [9.17, 15) is 32.3 Å². The summed E-state index contributed by atoms with van der Waals surface area (Å²) in [5, 5.41) is 3.21. The lowest BCUT2D eigenvalue weighted by atomic mass is 9.72. The zero-order valence-corrected chi connectivity index (χ0v) is 18.2. The van der Waals surface area contributed by atoms with Gasteiger partial charge in [0.15, 0.2) is 0 Å². The highest BCUT2D eigenvalue weighted by Crippen LogP contribution is 2.42. The molecule has 1 N–H and O–H groups in total. The molecule has 0 aromatic heterocycles. The molecule has 12 heteroatoms. The number of piperidine rings is 2. The van der Waals surface area contributed by atoms with Crippen LogP contribution in [0.4, 0.5) is 18.9 Å². The Morgan fingerprint density at radius 3 is 2.50 bits per heavy atom. The number of halogens is 3. The van der Waals surface area contributed by atoms with Gasteiger partial charge in [-0.05, 0) is 56.1 Å². The quantitative estimate of drug-likeness (QED) is 0.653. The molecule has 0 bridgehead atoms. The summed E-state index contributed by atoms with van der Waals surface area (Å²) >= 11 is 0. The predicted molar refractivity (Wildman–Crippen MR) is 110 cm³/mol. The normalized spacial score (nSPS) is 24.4. The lowest BCUT2D eigenvalue weighted by molar-refractivity contribution is -0.238. The maximum absolute atomic E-state index is 13.0. The fourth-order valence-electron chi connectivity index (χ4n) is 5.26. The third-order valence-electron chi connectivity index (χ3n) is 7.13. The number of nitrogens with one attached hydrogen (secondary N) is 1. The number of amides is 3. The molecular formula is C22H23F3N4O5. The molecule has 4 heterocycles. The van der Waals surface area contributed by atoms with Gasteiger partial charge in [0.05, 0.1) is 0 Å². The highest BCUT2D eigenvalue weighted by atomic mass is 19.4. The Morgan fingerprint density at radius 1 is 1.12 bits per heavy atom. The van der Waals surface area contributed by atoms with Crippen LogP contribution in [-0.4, -0.2) is 72.1 Å². The molecule has 4 aliphatic rings. The van der Waals surface area contributed by atoms with Crippen molar-refractivity contribution in [2.75, 3.05) is 31.1 Å². The molecule has 3 amide bonds. The summed E-state index contributed by atoms with van der Waals surface area (Å²) in [7, 11) is 0. The molecule has 0 saturated carbocycles. The second-order valence-electron chi connectivity index (χ2n) is 9.34. The van der Waals surface area contributed by atoms with E-state index in [0.29, 0.717) is 16.5 Å². The van der Waals surface area contributed by atoms with Crippen LogP contribution in [-0.2, 0) is 25.8 Å². The second-order valence-corrected chi connectivity index (χ2v) is 9.34. The van der Waals surface area contributed by atoms with Crippen molar-refractivity contribution in [2.45, 2.75) is 44.4 Å². The van der Waals surface area contributed by atoms with Crippen LogP contribution in [0.2, 0.25) is 0 Å². The Morgan fingerprint density at radius 2 is 1.82 bits per heavy atom. The first kappa shape index (κ1) is 22.6. The average Bonchev–Trinajstić information content (AvgIpc) is 3.10. The van der Waals surface area contributed by atoms with Gasteiger partial charge in [-0.25, -0.2) is 4.79 Å². The van der Waals surface area contributed by atoms with Crippen LogP contribution in [0.1, 0.15) is 41.6 Å². The van der Waals surface area contributed by atoms with Crippen molar-refractivity contribution in [3.8, 4) is 0 Å². The van der Waals surface area contributed by atoms with Gasteiger partial charge in [-0.15, -0.1) is 5.06 Å². The number of carbonyl (C=O) groups excluding carboxylic acids is 4. The van der Waals surface area contributed by atoms with Crippen LogP contribution < -0.4 is 10.2 Å². The van der Waals surface area contributed by atoms with E-state index in [2.05, 4.69) is 15.1 Å². The topological polar surface area (TPSA) is 99.3 Å². The Balaban J connectivity index is 1.29. The number of rotatable bonds is 3. The SMILES string of the molecule is O=C1CCC(N2Cc3cc(N4CC5(CCNCC5)C4)ccc3C2=O)C(=O)N1OC(=O)C(F)(F)F. The van der Waals surface area contributed by atoms with Gasteiger partial charge in [-0.2, -0.15) is 13.2 Å². The number of fused-ring (bicyclic) bond motifs is 1. The zero-order valence-electron chi connectivity index (χ0n) is 18.2. The highest BCUT2D eigenvalue weighted by Gasteiger charge is 2.49. The predicted octanol–water partition coefficient (Wildman–Crippen LogP) is 1.37. The number of imide groups is 1. The number of benzene rings is 1. The van der Waals surface area contributed by atoms with Gasteiger partial charge in [0, 0.05) is 42.7 Å². The van der Waals surface area contributed by atoms with Crippen molar-refractivity contribution < 1.29 is 37.2 Å². The number of alkyl halides is 3. The summed E-state index contributed by atoms with van der Waals surface area (Å²) in [5.74, 6) is -5.34. The zero-order chi connectivity index (χ0) is 24.3. The van der Waals surface area contributed by atoms with Crippen molar-refractivity contribution in [1.29, 1.82) is 0 Å². The van der Waals surface area contributed by atoms with Crippen LogP contribution in [0.15, 0.2) is 18.2 Å². The summed E-state index contributed by atoms with van der Waals surface area (Å²) in [6.07, 6.45) is -3.52. The molecule has 5 rings (SSSR count). The van der Waals surface area contributed by atoms with Gasteiger partial charge in [0.25, 0.3) is 17.7 Å². The number of nitrogens with zero attached hydrogens (tertiary/aromatic N) is 3. The largest absolute Gasteiger partial charge is 0.493 e. The summed E-state index contributed by atoms with van der Waals surface area (Å²) in [6.45, 7) is 3.97. The van der Waals surface area contributed by atoms with Gasteiger partial charge in [-0.1, -0.05) is 0 Å². The van der Waals surface area contributed by atoms with E-state index in [1.807, 2.05) is 12.1 Å². The molecule has 3 saturated heterocycles. The van der Waals surface area contributed by atoms with E-state index in [1.54, 1.807) is 6.07 Å². The summed E-state index contributed by atoms with van der Waals surface area (Å²) in [5.41, 5.74) is 2.41. The number of carbonyl (C=O) groups is 4. The molecular weight excluding hydrogens is 457 g/mol. The summed E-state index contributed by atoms with van der Waals surface area (Å²) in [4.78, 5) is 56.3. The molecule has 182 valence electrons. The van der Waals surface area contributed by atoms with Crippen molar-refractivity contribution >= 4 is 29.4 Å². The molecule has 1 aromatic rings. The number of hydrogen-bond acceptors (Lipinski definition) is 7. The summed E-state index contributed by atoms with van der Waals surface area (Å²) < 4.78 is 37.7. The molecule has 0 radical (unpaired) electrons. The number of anilines is 1. The maximum atomic E-state index is 13.0. The van der Waals surface area contributed by atoms with Gasteiger partial charge < -0.3 is 20.0 Å². The average molecular weight is 480 g/mol. The Hall–Kier alpha value is -3.15. The minimum absolute atomic E-state index is 0.0625. The third kappa shape index (κ3) is 3.79. The number of hydroxylamine groups is 2. The Kier molecular flexibility index (Phi) is 5.30. The van der Waals surface area contributed by atoms with Gasteiger partial charge in [0.2, 0.25) is 0 Å². The highest BCUT2D eigenvalue weighted by molar-refractivity contribution is 6.05. The van der Waals surface area contributed by atoms with Crippen LogP contribution in [0, 0.1) is 5.41 Å². The molecule has 1 unspecified atom stereocenters. The first-order valence-corrected chi connectivity index (χ1v) is 11.1. The second kappa shape index (κ2) is 7.97. The number of hydrogen-bond donors (Lipinski definition) is 1. The molecule has 1 atom stereocenters. The fraction of sp³-hybridized carbons (Fsp3) is 0.545. The maximum Gasteiger partial charge on any atom is 0.493 e. The first-order chi connectivity index (χ1) is 16.1. The molecule has 1 spiro atoms. The Bertz CT molecular complexity index is 1060. The molecule has 34 heavy (non-hydrogen) atoms. The molecule has 9 nitrogen and oxygen atoms in total. The monoisotopic (exact) mass is 480 g/mol. The van der Waals surface area contributed by atoms with E-state index in [4.69, 9.17) is 0 Å². The van der Waals surface area contributed by atoms with E-state index < -0.39 is 35.9 Å². The van der Waals surface area contributed by atoms with Gasteiger partial charge in [-0.3, -0.25) is 14.4 Å². The van der Waals surface area contributed by atoms with Crippen molar-refractivity contribution in [1.82, 2.24) is 15.3 Å². The summed E-state index contributed by atoms with van der Waals surface area (Å²) in [6, 6.07) is 4.25. The van der Waals surface area contributed by atoms with E-state index in [1.165, 1.54) is 4.90 Å². The minimum Gasteiger partial charge on any atom is -0.370 e.